The van der Waals surface area contributed by atoms with Gasteiger partial charge in [0.1, 0.15) is 6.04 Å². The average molecular weight is 274 g/mol. The summed E-state index contributed by atoms with van der Waals surface area (Å²) in [5, 5.41) is 5.73. The lowest BCUT2D eigenvalue weighted by molar-refractivity contribution is -0.135. The summed E-state index contributed by atoms with van der Waals surface area (Å²) in [6.07, 6.45) is 5.51. The van der Waals surface area contributed by atoms with Gasteiger partial charge in [-0.3, -0.25) is 19.9 Å². The highest BCUT2D eigenvalue weighted by Gasteiger charge is 2.35. The summed E-state index contributed by atoms with van der Waals surface area (Å²) in [6.45, 7) is 1.36. The Bertz CT molecular complexity index is 495. The first-order valence-electron chi connectivity index (χ1n) is 6.96. The molecule has 0 radical (unpaired) electrons. The molecule has 0 aromatic carbocycles. The monoisotopic (exact) mass is 274 g/mol. The Labute approximate surface area is 117 Å². The maximum Gasteiger partial charge on any atom is 0.242 e. The normalized spacial score (nSPS) is 26.4. The molecule has 1 aromatic heterocycles. The zero-order chi connectivity index (χ0) is 13.9. The molecule has 106 valence electrons. The van der Waals surface area contributed by atoms with Crippen LogP contribution in [0.25, 0.3) is 0 Å². The Kier molecular flexibility index (Phi) is 3.64. The first-order chi connectivity index (χ1) is 9.75. The third-order valence-corrected chi connectivity index (χ3v) is 3.94. The lowest BCUT2D eigenvalue weighted by Gasteiger charge is -2.31. The number of rotatable bonds is 2. The molecule has 0 spiro atoms. The Hall–Kier alpha value is -1.95. The number of hydrogen-bond donors (Lipinski definition) is 2. The lowest BCUT2D eigenvalue weighted by Crippen LogP contribution is -2.58. The molecule has 2 saturated heterocycles. The van der Waals surface area contributed by atoms with Gasteiger partial charge in [0.15, 0.2) is 0 Å². The molecule has 2 unspecified atom stereocenters. The summed E-state index contributed by atoms with van der Waals surface area (Å²) in [5.74, 6) is 0.0190. The van der Waals surface area contributed by atoms with E-state index in [0.717, 1.165) is 24.9 Å². The van der Waals surface area contributed by atoms with E-state index in [4.69, 9.17) is 0 Å². The SMILES string of the molecule is O=C1CNC(C(=O)N2CCCC2c2ccncc2)CN1. The Balaban J connectivity index is 1.72. The Morgan fingerprint density at radius 2 is 2.15 bits per heavy atom. The van der Waals surface area contributed by atoms with Crippen molar-refractivity contribution in [2.75, 3.05) is 19.6 Å². The molecule has 2 fully saturated rings. The van der Waals surface area contributed by atoms with Crippen LogP contribution in [0.4, 0.5) is 0 Å². The predicted octanol–water partition coefficient (Wildman–Crippen LogP) is -0.167. The van der Waals surface area contributed by atoms with Crippen LogP contribution in [0.15, 0.2) is 24.5 Å². The van der Waals surface area contributed by atoms with Crippen LogP contribution in [0.3, 0.4) is 0 Å². The van der Waals surface area contributed by atoms with Gasteiger partial charge in [-0.25, -0.2) is 0 Å². The first-order valence-corrected chi connectivity index (χ1v) is 6.96. The van der Waals surface area contributed by atoms with Crippen molar-refractivity contribution in [2.24, 2.45) is 0 Å². The van der Waals surface area contributed by atoms with E-state index in [-0.39, 0.29) is 30.4 Å². The van der Waals surface area contributed by atoms with E-state index in [9.17, 15) is 9.59 Å². The molecule has 2 N–H and O–H groups in total. The molecule has 1 aromatic rings. The number of nitrogens with one attached hydrogen (secondary N) is 2. The van der Waals surface area contributed by atoms with E-state index in [1.807, 2.05) is 17.0 Å². The van der Waals surface area contributed by atoms with E-state index < -0.39 is 0 Å². The number of piperazine rings is 1. The van der Waals surface area contributed by atoms with Crippen LogP contribution >= 0.6 is 0 Å². The molecule has 3 rings (SSSR count). The van der Waals surface area contributed by atoms with Gasteiger partial charge < -0.3 is 10.2 Å². The number of carbonyl (C=O) groups excluding carboxylic acids is 2. The molecule has 6 heteroatoms. The van der Waals surface area contributed by atoms with Gasteiger partial charge in [-0.05, 0) is 30.5 Å². The molecule has 2 atom stereocenters. The molecule has 3 heterocycles. The van der Waals surface area contributed by atoms with Gasteiger partial charge in [0.2, 0.25) is 11.8 Å². The largest absolute Gasteiger partial charge is 0.353 e. The third-order valence-electron chi connectivity index (χ3n) is 3.94. The van der Waals surface area contributed by atoms with Gasteiger partial charge in [-0.15, -0.1) is 0 Å². The minimum absolute atomic E-state index is 0.0545. The second-order valence-electron chi connectivity index (χ2n) is 5.21. The first kappa shape index (κ1) is 13.1. The highest BCUT2D eigenvalue weighted by molar-refractivity contribution is 5.87. The number of nitrogens with zero attached hydrogens (tertiary/aromatic N) is 2. The number of aromatic nitrogens is 1. The molecule has 2 aliphatic rings. The molecule has 2 amide bonds. The number of hydrogen-bond acceptors (Lipinski definition) is 4. The van der Waals surface area contributed by atoms with Crippen molar-refractivity contribution in [3.05, 3.63) is 30.1 Å². The third kappa shape index (κ3) is 2.51. The molecule has 0 bridgehead atoms. The number of likely N-dealkylation sites (tertiary alicyclic amines) is 1. The van der Waals surface area contributed by atoms with Crippen molar-refractivity contribution >= 4 is 11.8 Å². The van der Waals surface area contributed by atoms with Crippen molar-refractivity contribution in [3.8, 4) is 0 Å². The number of amides is 2. The highest BCUT2D eigenvalue weighted by atomic mass is 16.2. The maximum atomic E-state index is 12.6. The van der Waals surface area contributed by atoms with Gasteiger partial charge >= 0.3 is 0 Å². The second kappa shape index (κ2) is 5.58. The fourth-order valence-electron chi connectivity index (χ4n) is 2.90. The zero-order valence-electron chi connectivity index (χ0n) is 11.2. The molecule has 20 heavy (non-hydrogen) atoms. The summed E-state index contributed by atoms with van der Waals surface area (Å²) < 4.78 is 0. The van der Waals surface area contributed by atoms with Crippen molar-refractivity contribution in [2.45, 2.75) is 24.9 Å². The predicted molar refractivity (Wildman–Crippen MR) is 72.7 cm³/mol. The topological polar surface area (TPSA) is 74.3 Å². The van der Waals surface area contributed by atoms with Crippen molar-refractivity contribution < 1.29 is 9.59 Å². The molecule has 6 nitrogen and oxygen atoms in total. The summed E-state index contributed by atoms with van der Waals surface area (Å²) in [6, 6.07) is 3.75. The van der Waals surface area contributed by atoms with E-state index in [1.165, 1.54) is 0 Å². The Morgan fingerprint density at radius 1 is 1.35 bits per heavy atom. The zero-order valence-corrected chi connectivity index (χ0v) is 11.2. The molecular weight excluding hydrogens is 256 g/mol. The fourth-order valence-corrected chi connectivity index (χ4v) is 2.90. The number of pyridine rings is 1. The van der Waals surface area contributed by atoms with Gasteiger partial charge in [-0.2, -0.15) is 0 Å². The molecule has 0 saturated carbocycles. The van der Waals surface area contributed by atoms with Gasteiger partial charge in [-0.1, -0.05) is 0 Å². The van der Waals surface area contributed by atoms with Crippen molar-refractivity contribution in [3.63, 3.8) is 0 Å². The van der Waals surface area contributed by atoms with Crippen LogP contribution < -0.4 is 10.6 Å². The van der Waals surface area contributed by atoms with Crippen LogP contribution in [0, 0.1) is 0 Å². The van der Waals surface area contributed by atoms with Crippen LogP contribution in [0.1, 0.15) is 24.4 Å². The highest BCUT2D eigenvalue weighted by Crippen LogP contribution is 2.31. The minimum Gasteiger partial charge on any atom is -0.353 e. The van der Waals surface area contributed by atoms with Gasteiger partial charge in [0.05, 0.1) is 12.6 Å². The number of carbonyl (C=O) groups is 2. The van der Waals surface area contributed by atoms with E-state index in [2.05, 4.69) is 15.6 Å². The van der Waals surface area contributed by atoms with Crippen LogP contribution in [0.2, 0.25) is 0 Å². The van der Waals surface area contributed by atoms with E-state index in [0.29, 0.717) is 6.54 Å². The van der Waals surface area contributed by atoms with Crippen LogP contribution in [0.5, 0.6) is 0 Å². The standard InChI is InChI=1S/C14H18N4O2/c19-13-9-16-11(8-17-13)14(20)18-7-1-2-12(18)10-3-5-15-6-4-10/h3-6,11-12,16H,1-2,7-9H2,(H,17,19). The second-order valence-corrected chi connectivity index (χ2v) is 5.21. The summed E-state index contributed by atoms with van der Waals surface area (Å²) in [5.41, 5.74) is 1.13. The van der Waals surface area contributed by atoms with Gasteiger partial charge in [0, 0.05) is 25.5 Å². The van der Waals surface area contributed by atoms with Crippen molar-refractivity contribution in [1.29, 1.82) is 0 Å². The Morgan fingerprint density at radius 3 is 2.85 bits per heavy atom. The molecular formula is C14H18N4O2. The fraction of sp³-hybridized carbons (Fsp3) is 0.500. The average Bonchev–Trinajstić information content (AvgIpc) is 2.97. The minimum atomic E-state index is -0.310. The summed E-state index contributed by atoms with van der Waals surface area (Å²) >= 11 is 0. The summed E-state index contributed by atoms with van der Waals surface area (Å²) in [7, 11) is 0. The maximum absolute atomic E-state index is 12.6. The lowest BCUT2D eigenvalue weighted by atomic mass is 10.1. The summed E-state index contributed by atoms with van der Waals surface area (Å²) in [4.78, 5) is 29.7. The van der Waals surface area contributed by atoms with Crippen LogP contribution in [-0.4, -0.2) is 47.4 Å². The molecule has 2 aliphatic heterocycles. The van der Waals surface area contributed by atoms with E-state index in [1.54, 1.807) is 12.4 Å². The van der Waals surface area contributed by atoms with Crippen LogP contribution in [-0.2, 0) is 9.59 Å². The quantitative estimate of drug-likeness (QED) is 0.785. The molecule has 0 aliphatic carbocycles. The van der Waals surface area contributed by atoms with E-state index >= 15 is 0 Å². The van der Waals surface area contributed by atoms with Crippen molar-refractivity contribution in [1.82, 2.24) is 20.5 Å². The smallest absolute Gasteiger partial charge is 0.242 e. The van der Waals surface area contributed by atoms with Gasteiger partial charge in [0.25, 0.3) is 0 Å².